The summed E-state index contributed by atoms with van der Waals surface area (Å²) in [5, 5.41) is 0. The van der Waals surface area contributed by atoms with E-state index < -0.39 is 0 Å². The number of hydrogen-bond donors (Lipinski definition) is 0. The van der Waals surface area contributed by atoms with Crippen LogP contribution in [-0.2, 0) is 21.7 Å². The maximum Gasteiger partial charge on any atom is 0.170 e. The molecule has 6 aromatic carbocycles. The molecule has 6 nitrogen and oxygen atoms in total. The minimum atomic E-state index is -0.139. The molecule has 0 spiro atoms. The Balaban J connectivity index is 0.000000208. The molecule has 0 aliphatic carbocycles. The van der Waals surface area contributed by atoms with Crippen LogP contribution >= 0.6 is 0 Å². The van der Waals surface area contributed by atoms with Gasteiger partial charge in [-0.05, 0) is 0 Å². The van der Waals surface area contributed by atoms with E-state index in [4.69, 9.17) is 0 Å². The van der Waals surface area contributed by atoms with Crippen LogP contribution < -0.4 is 0 Å². The maximum atomic E-state index is 11.8. The topological polar surface area (TPSA) is 102 Å². The van der Waals surface area contributed by atoms with Crippen molar-refractivity contribution in [1.29, 1.82) is 0 Å². The molecule has 256 valence electrons. The Morgan fingerprint density at radius 3 is 0.462 bits per heavy atom. The van der Waals surface area contributed by atoms with Crippen LogP contribution in [0.25, 0.3) is 0 Å². The third-order valence-corrected chi connectivity index (χ3v) is 7.54. The summed E-state index contributed by atoms with van der Waals surface area (Å²) in [5.74, 6) is -0.836. The van der Waals surface area contributed by atoms with E-state index in [9.17, 15) is 28.8 Å². The van der Waals surface area contributed by atoms with Crippen LogP contribution in [-0.4, -0.2) is 34.7 Å². The van der Waals surface area contributed by atoms with E-state index in [1.807, 2.05) is 36.4 Å². The summed E-state index contributed by atoms with van der Waals surface area (Å²) in [6.07, 6.45) is -0.226. The molecule has 0 unspecified atom stereocenters. The Labute approximate surface area is 318 Å². The molecule has 6 aromatic rings. The second kappa shape index (κ2) is 22.0. The second-order valence-electron chi connectivity index (χ2n) is 11.3. The molecule has 0 heterocycles. The van der Waals surface area contributed by atoms with Gasteiger partial charge in [0.25, 0.3) is 0 Å². The van der Waals surface area contributed by atoms with Gasteiger partial charge in [0.05, 0.1) is 19.3 Å². The number of Topliss-reactive ketones (excluding diaryl/α,β-unsaturated/α-hetero) is 6. The smallest absolute Gasteiger partial charge is 0.170 e. The van der Waals surface area contributed by atoms with Gasteiger partial charge in [0.1, 0.15) is 0 Å². The molecule has 6 rings (SSSR count). The Bertz CT molecular complexity index is 1640. The summed E-state index contributed by atoms with van der Waals surface area (Å²) in [5.41, 5.74) is 3.48. The Kier molecular flexibility index (Phi) is 17.1. The molecular weight excluding hydrogens is 684 g/mol. The van der Waals surface area contributed by atoms with Crippen molar-refractivity contribution in [1.82, 2.24) is 0 Å². The Hall–Kier alpha value is -5.95. The standard InChI is InChI=1S/3C15H12O2.Ti/c3*16-14(12-7-3-1-4-8-12)11-15(17)13-9-5-2-6-10-13;/h3*1-10H,11H2;. The van der Waals surface area contributed by atoms with E-state index in [1.165, 1.54) is 0 Å². The minimum absolute atomic E-state index is 0. The van der Waals surface area contributed by atoms with Gasteiger partial charge in [-0.2, -0.15) is 0 Å². The number of hydrogen-bond acceptors (Lipinski definition) is 6. The van der Waals surface area contributed by atoms with Crippen molar-refractivity contribution in [3.8, 4) is 0 Å². The van der Waals surface area contributed by atoms with Crippen molar-refractivity contribution in [2.24, 2.45) is 0 Å². The summed E-state index contributed by atoms with van der Waals surface area (Å²) in [6.45, 7) is 0. The van der Waals surface area contributed by atoms with E-state index in [2.05, 4.69) is 0 Å². The van der Waals surface area contributed by atoms with Crippen LogP contribution in [0.2, 0.25) is 0 Å². The van der Waals surface area contributed by atoms with Gasteiger partial charge < -0.3 is 0 Å². The Morgan fingerprint density at radius 2 is 0.346 bits per heavy atom. The zero-order valence-electron chi connectivity index (χ0n) is 28.4. The third kappa shape index (κ3) is 13.4. The molecule has 0 bridgehead atoms. The second-order valence-corrected chi connectivity index (χ2v) is 11.3. The molecule has 0 aliphatic heterocycles. The first kappa shape index (κ1) is 40.5. The number of benzene rings is 6. The number of carbonyl (C=O) groups is 6. The summed E-state index contributed by atoms with van der Waals surface area (Å²) < 4.78 is 0. The van der Waals surface area contributed by atoms with Gasteiger partial charge in [-0.3, -0.25) is 28.8 Å². The normalized spacial score (nSPS) is 9.69. The minimum Gasteiger partial charge on any atom is -0.294 e. The van der Waals surface area contributed by atoms with Crippen molar-refractivity contribution in [2.45, 2.75) is 19.3 Å². The number of ketones is 6. The molecule has 7 heteroatoms. The van der Waals surface area contributed by atoms with Gasteiger partial charge in [-0.1, -0.05) is 182 Å². The zero-order valence-corrected chi connectivity index (χ0v) is 30.0. The van der Waals surface area contributed by atoms with Crippen molar-refractivity contribution >= 4 is 34.7 Å². The molecule has 0 amide bonds. The molecule has 0 aromatic heterocycles. The number of rotatable bonds is 12. The molecule has 0 radical (unpaired) electrons. The van der Waals surface area contributed by atoms with E-state index in [-0.39, 0.29) is 75.7 Å². The molecule has 0 saturated heterocycles. The van der Waals surface area contributed by atoms with Gasteiger partial charge in [0.2, 0.25) is 0 Å². The first-order valence-electron chi connectivity index (χ1n) is 16.3. The average Bonchev–Trinajstić information content (AvgIpc) is 3.20. The van der Waals surface area contributed by atoms with E-state index in [0.29, 0.717) is 33.4 Å². The Morgan fingerprint density at radius 1 is 0.231 bits per heavy atom. The zero-order chi connectivity index (χ0) is 36.3. The monoisotopic (exact) mass is 720 g/mol. The largest absolute Gasteiger partial charge is 0.294 e. The van der Waals surface area contributed by atoms with Crippen molar-refractivity contribution in [3.05, 3.63) is 215 Å². The first-order valence-corrected chi connectivity index (χ1v) is 16.3. The number of carbonyl (C=O) groups excluding carboxylic acids is 6. The quantitative estimate of drug-likeness (QED) is 0.0709. The van der Waals surface area contributed by atoms with E-state index >= 15 is 0 Å². The van der Waals surface area contributed by atoms with Crippen LogP contribution in [0.1, 0.15) is 81.4 Å². The van der Waals surface area contributed by atoms with E-state index in [1.54, 1.807) is 146 Å². The molecule has 0 aliphatic rings. The summed E-state index contributed by atoms with van der Waals surface area (Å²) in [6, 6.07) is 53.2. The van der Waals surface area contributed by atoms with Crippen LogP contribution in [0.5, 0.6) is 0 Å². The average molecular weight is 721 g/mol. The van der Waals surface area contributed by atoms with Crippen LogP contribution in [0.15, 0.2) is 182 Å². The molecular formula is C45H36O6Ti. The fourth-order valence-electron chi connectivity index (χ4n) is 4.79. The molecule has 0 fully saturated rings. The summed E-state index contributed by atoms with van der Waals surface area (Å²) in [4.78, 5) is 70.8. The molecule has 0 saturated carbocycles. The van der Waals surface area contributed by atoms with Gasteiger partial charge >= 0.3 is 0 Å². The van der Waals surface area contributed by atoms with Crippen molar-refractivity contribution in [2.75, 3.05) is 0 Å². The van der Waals surface area contributed by atoms with E-state index in [0.717, 1.165) is 0 Å². The predicted molar refractivity (Wildman–Crippen MR) is 198 cm³/mol. The predicted octanol–water partition coefficient (Wildman–Crippen LogP) is 9.42. The SMILES string of the molecule is O=C(CC(=O)c1ccccc1)c1ccccc1.O=C(CC(=O)c1ccccc1)c1ccccc1.O=C(CC(=O)c1ccccc1)c1ccccc1.[Ti]. The fourth-order valence-corrected chi connectivity index (χ4v) is 4.79. The van der Waals surface area contributed by atoms with Crippen LogP contribution in [0.4, 0.5) is 0 Å². The van der Waals surface area contributed by atoms with Crippen LogP contribution in [0.3, 0.4) is 0 Å². The van der Waals surface area contributed by atoms with Gasteiger partial charge in [0.15, 0.2) is 34.7 Å². The van der Waals surface area contributed by atoms with Gasteiger partial charge in [0, 0.05) is 55.1 Å². The van der Waals surface area contributed by atoms with Crippen LogP contribution in [0, 0.1) is 0 Å². The van der Waals surface area contributed by atoms with Gasteiger partial charge in [-0.25, -0.2) is 0 Å². The molecule has 0 atom stereocenters. The first-order chi connectivity index (χ1) is 24.8. The summed E-state index contributed by atoms with van der Waals surface area (Å²) >= 11 is 0. The third-order valence-electron chi connectivity index (χ3n) is 7.54. The summed E-state index contributed by atoms with van der Waals surface area (Å²) in [7, 11) is 0. The van der Waals surface area contributed by atoms with Crippen molar-refractivity contribution in [3.63, 3.8) is 0 Å². The maximum absolute atomic E-state index is 11.8. The fraction of sp³-hybridized carbons (Fsp3) is 0.0667. The molecule has 0 N–H and O–H groups in total. The van der Waals surface area contributed by atoms with Crippen molar-refractivity contribution < 1.29 is 50.5 Å². The van der Waals surface area contributed by atoms with Gasteiger partial charge in [-0.15, -0.1) is 0 Å². The molecule has 52 heavy (non-hydrogen) atoms.